The van der Waals surface area contributed by atoms with Crippen LogP contribution in [-0.2, 0) is 28.7 Å². The molecule has 0 aliphatic heterocycles. The Balaban J connectivity index is 1.72. The monoisotopic (exact) mass is 656 g/mol. The summed E-state index contributed by atoms with van der Waals surface area (Å²) in [5.41, 5.74) is 5.75. The molecule has 0 heterocycles. The van der Waals surface area contributed by atoms with Crippen LogP contribution in [0.15, 0.2) is 91.0 Å². The number of carbonyl (C=O) groups is 4. The lowest BCUT2D eigenvalue weighted by Gasteiger charge is -2.27. The molecule has 0 saturated carbocycles. The number of esters is 2. The van der Waals surface area contributed by atoms with Gasteiger partial charge in [0.05, 0.1) is 20.4 Å². The first-order valence-corrected chi connectivity index (χ1v) is 18.5. The predicted octanol–water partition coefficient (Wildman–Crippen LogP) is 2.42. The van der Waals surface area contributed by atoms with Crippen LogP contribution in [-0.4, -0.2) is 74.3 Å². The second-order valence-electron chi connectivity index (χ2n) is 9.73. The Hall–Kier alpha value is -3.37. The second kappa shape index (κ2) is 18.4. The van der Waals surface area contributed by atoms with Gasteiger partial charge in [0.15, 0.2) is 0 Å². The number of hydrogen-bond acceptors (Lipinski definition) is 9. The summed E-state index contributed by atoms with van der Waals surface area (Å²) in [6, 6.07) is 29.9. The molecule has 0 aliphatic rings. The van der Waals surface area contributed by atoms with Gasteiger partial charge in [-0.25, -0.2) is 0 Å². The van der Waals surface area contributed by atoms with Crippen LogP contribution in [0.2, 0.25) is 0 Å². The predicted molar refractivity (Wildman–Crippen MR) is 181 cm³/mol. The number of hydrogen-bond donors (Lipinski definition) is 3. The van der Waals surface area contributed by atoms with Crippen molar-refractivity contribution in [2.24, 2.45) is 5.73 Å². The molecule has 234 valence electrons. The SMILES string of the molecule is COC(=O)CNC(=O)C(CSSCC[P+](c1ccccc1)(c1ccccc1)c1ccccc1)NC(=O)CCC(N)C(=O)OC. The van der Waals surface area contributed by atoms with Gasteiger partial charge in [-0.15, -0.1) is 0 Å². The lowest BCUT2D eigenvalue weighted by molar-refractivity contribution is -0.142. The van der Waals surface area contributed by atoms with Crippen LogP contribution >= 0.6 is 28.9 Å². The molecule has 3 rings (SSSR count). The minimum absolute atomic E-state index is 0.0624. The quantitative estimate of drug-likeness (QED) is 0.0866. The van der Waals surface area contributed by atoms with E-state index in [-0.39, 0.29) is 25.1 Å². The van der Waals surface area contributed by atoms with Crippen molar-refractivity contribution in [2.75, 3.05) is 38.4 Å². The van der Waals surface area contributed by atoms with Gasteiger partial charge < -0.3 is 25.8 Å². The van der Waals surface area contributed by atoms with E-state index in [1.807, 2.05) is 18.2 Å². The van der Waals surface area contributed by atoms with E-state index < -0.39 is 43.1 Å². The van der Waals surface area contributed by atoms with Gasteiger partial charge in [-0.05, 0) is 42.8 Å². The second-order valence-corrected chi connectivity index (χ2v) is 16.0. The van der Waals surface area contributed by atoms with E-state index in [2.05, 4.69) is 92.9 Å². The van der Waals surface area contributed by atoms with Gasteiger partial charge in [0, 0.05) is 17.9 Å². The van der Waals surface area contributed by atoms with Crippen molar-refractivity contribution in [3.63, 3.8) is 0 Å². The van der Waals surface area contributed by atoms with Gasteiger partial charge in [-0.1, -0.05) is 76.2 Å². The summed E-state index contributed by atoms with van der Waals surface area (Å²) in [4.78, 5) is 48.8. The molecule has 0 saturated heterocycles. The molecule has 44 heavy (non-hydrogen) atoms. The molecule has 2 atom stereocenters. The first-order chi connectivity index (χ1) is 21.3. The van der Waals surface area contributed by atoms with Crippen molar-refractivity contribution in [2.45, 2.75) is 24.9 Å². The van der Waals surface area contributed by atoms with Gasteiger partial charge in [-0.2, -0.15) is 0 Å². The van der Waals surface area contributed by atoms with Crippen LogP contribution < -0.4 is 32.3 Å². The van der Waals surface area contributed by atoms with Crippen molar-refractivity contribution >= 4 is 68.5 Å². The number of nitrogens with one attached hydrogen (secondary N) is 2. The number of carbonyl (C=O) groups excluding carboxylic acids is 4. The molecular formula is C32H39N3O6PS2+. The summed E-state index contributed by atoms with van der Waals surface area (Å²) in [7, 11) is 3.56. The van der Waals surface area contributed by atoms with E-state index >= 15 is 0 Å². The Bertz CT molecular complexity index is 1260. The van der Waals surface area contributed by atoms with Crippen LogP contribution in [0.5, 0.6) is 0 Å². The van der Waals surface area contributed by atoms with Crippen LogP contribution in [0, 0.1) is 0 Å². The third-order valence-electron chi connectivity index (χ3n) is 6.89. The molecular weight excluding hydrogens is 617 g/mol. The van der Waals surface area contributed by atoms with Crippen LogP contribution in [0.3, 0.4) is 0 Å². The Morgan fingerprint density at radius 3 is 1.80 bits per heavy atom. The van der Waals surface area contributed by atoms with Crippen LogP contribution in [0.1, 0.15) is 12.8 Å². The standard InChI is InChI=1S/C32H38N3O6PS2/c1-40-30(37)22-34-31(38)28(35-29(36)19-18-27(33)32(39)41-2)23-44-43-21-20-42(24-12-6-3-7-13-24,25-14-8-4-9-15-25)26-16-10-5-11-17-26/h3-17,27-28H,18-23,33H2,1-2H3,(H-,34,35,36,38)/p+1. The van der Waals surface area contributed by atoms with Crippen molar-refractivity contribution in [1.82, 2.24) is 10.6 Å². The topological polar surface area (TPSA) is 137 Å². The van der Waals surface area contributed by atoms with E-state index in [0.717, 1.165) is 11.9 Å². The molecule has 3 aromatic carbocycles. The van der Waals surface area contributed by atoms with Crippen molar-refractivity contribution in [3.8, 4) is 0 Å². The number of amides is 2. The highest BCUT2D eigenvalue weighted by Crippen LogP contribution is 2.55. The molecule has 9 nitrogen and oxygen atoms in total. The number of rotatable bonds is 17. The van der Waals surface area contributed by atoms with Crippen molar-refractivity contribution in [3.05, 3.63) is 91.0 Å². The highest BCUT2D eigenvalue weighted by Gasteiger charge is 2.44. The summed E-state index contributed by atoms with van der Waals surface area (Å²) in [6.07, 6.45) is 0.897. The number of benzene rings is 3. The molecule has 2 unspecified atom stereocenters. The van der Waals surface area contributed by atoms with E-state index in [1.54, 1.807) is 10.8 Å². The highest BCUT2D eigenvalue weighted by atomic mass is 33.1. The van der Waals surface area contributed by atoms with E-state index in [4.69, 9.17) is 5.73 Å². The van der Waals surface area contributed by atoms with Gasteiger partial charge in [0.1, 0.15) is 41.8 Å². The fourth-order valence-electron chi connectivity index (χ4n) is 4.59. The zero-order chi connectivity index (χ0) is 31.8. The maximum Gasteiger partial charge on any atom is 0.325 e. The third kappa shape index (κ3) is 10.1. The molecule has 4 N–H and O–H groups in total. The lowest BCUT2D eigenvalue weighted by Crippen LogP contribution is -2.49. The molecule has 12 heteroatoms. The minimum Gasteiger partial charge on any atom is -0.468 e. The fourth-order valence-corrected chi connectivity index (χ4v) is 12.0. The summed E-state index contributed by atoms with van der Waals surface area (Å²) >= 11 is 0. The van der Waals surface area contributed by atoms with E-state index in [1.165, 1.54) is 40.9 Å². The maximum absolute atomic E-state index is 12.9. The summed E-state index contributed by atoms with van der Waals surface area (Å²) in [5.74, 6) is -1.10. The van der Waals surface area contributed by atoms with E-state index in [9.17, 15) is 19.2 Å². The van der Waals surface area contributed by atoms with Gasteiger partial charge in [0.25, 0.3) is 0 Å². The van der Waals surface area contributed by atoms with Crippen LogP contribution in [0.4, 0.5) is 0 Å². The Kier molecular flexibility index (Phi) is 14.7. The smallest absolute Gasteiger partial charge is 0.325 e. The largest absolute Gasteiger partial charge is 0.468 e. The normalized spacial score (nSPS) is 12.4. The average molecular weight is 657 g/mol. The Morgan fingerprint density at radius 1 is 0.795 bits per heavy atom. The molecule has 2 amide bonds. The Labute approximate surface area is 267 Å². The first kappa shape index (κ1) is 35.1. The Morgan fingerprint density at radius 2 is 1.32 bits per heavy atom. The van der Waals surface area contributed by atoms with Gasteiger partial charge in [-0.3, -0.25) is 19.2 Å². The first-order valence-electron chi connectivity index (χ1n) is 14.1. The molecule has 0 bridgehead atoms. The summed E-state index contributed by atoms with van der Waals surface area (Å²) in [6.45, 7) is -0.315. The molecule has 0 spiro atoms. The van der Waals surface area contributed by atoms with Crippen LogP contribution in [0.25, 0.3) is 0 Å². The number of ether oxygens (including phenoxy) is 2. The molecule has 0 aromatic heterocycles. The fraction of sp³-hybridized carbons (Fsp3) is 0.312. The molecule has 0 aliphatic carbocycles. The zero-order valence-electron chi connectivity index (χ0n) is 24.8. The third-order valence-corrected chi connectivity index (χ3v) is 14.0. The van der Waals surface area contributed by atoms with Crippen molar-refractivity contribution in [1.29, 1.82) is 0 Å². The molecule has 0 radical (unpaired) electrons. The molecule has 3 aromatic rings. The van der Waals surface area contributed by atoms with Gasteiger partial charge in [0.2, 0.25) is 11.8 Å². The highest BCUT2D eigenvalue weighted by molar-refractivity contribution is 8.76. The van der Waals surface area contributed by atoms with Crippen molar-refractivity contribution < 1.29 is 28.7 Å². The number of methoxy groups -OCH3 is 2. The minimum atomic E-state index is -2.00. The molecule has 0 fully saturated rings. The zero-order valence-corrected chi connectivity index (χ0v) is 27.4. The maximum atomic E-state index is 12.9. The summed E-state index contributed by atoms with van der Waals surface area (Å²) in [5, 5.41) is 9.11. The average Bonchev–Trinajstić information content (AvgIpc) is 3.07. The van der Waals surface area contributed by atoms with E-state index in [0.29, 0.717) is 0 Å². The lowest BCUT2D eigenvalue weighted by atomic mass is 10.1. The van der Waals surface area contributed by atoms with Gasteiger partial charge >= 0.3 is 11.9 Å². The summed E-state index contributed by atoms with van der Waals surface area (Å²) < 4.78 is 9.21. The number of nitrogens with two attached hydrogens (primary N) is 1.